The zero-order valence-electron chi connectivity index (χ0n) is 10.2. The fraction of sp³-hybridized carbons (Fsp3) is 0.583. The first-order valence-electron chi connectivity index (χ1n) is 5.18. The second-order valence-electron chi connectivity index (χ2n) is 4.50. The van der Waals surface area contributed by atoms with Gasteiger partial charge in [0.1, 0.15) is 0 Å². The van der Waals surface area contributed by atoms with Gasteiger partial charge in [-0.15, -0.1) is 11.3 Å². The molecule has 1 aromatic heterocycles. The summed E-state index contributed by atoms with van der Waals surface area (Å²) in [6.07, 6.45) is 0.644. The van der Waals surface area contributed by atoms with Crippen molar-refractivity contribution in [1.82, 2.24) is 0 Å². The number of carbonyl (C=O) groups excluding carboxylic acids is 1. The summed E-state index contributed by atoms with van der Waals surface area (Å²) in [5.74, 6) is -0.205. The average molecular weight is 242 g/mol. The predicted octanol–water partition coefficient (Wildman–Crippen LogP) is 2.29. The smallest absolute Gasteiger partial charge is 0.311 e. The van der Waals surface area contributed by atoms with E-state index in [2.05, 4.69) is 0 Å². The van der Waals surface area contributed by atoms with Gasteiger partial charge in [-0.2, -0.15) is 0 Å². The lowest BCUT2D eigenvalue weighted by Crippen LogP contribution is -2.27. The zero-order valence-corrected chi connectivity index (χ0v) is 11.0. The summed E-state index contributed by atoms with van der Waals surface area (Å²) in [5, 5.41) is 9.10. The van der Waals surface area contributed by atoms with Crippen LogP contribution in [0.2, 0.25) is 0 Å². The highest BCUT2D eigenvalue weighted by molar-refractivity contribution is 7.12. The zero-order chi connectivity index (χ0) is 12.3. The number of ether oxygens (including phenoxy) is 1. The van der Waals surface area contributed by atoms with Crippen LogP contribution < -0.4 is 0 Å². The number of aliphatic hydroxyl groups is 1. The third kappa shape index (κ3) is 2.83. The molecule has 1 rings (SSSR count). The van der Waals surface area contributed by atoms with E-state index >= 15 is 0 Å². The van der Waals surface area contributed by atoms with E-state index in [4.69, 9.17) is 9.84 Å². The highest BCUT2D eigenvalue weighted by Gasteiger charge is 2.29. The van der Waals surface area contributed by atoms with Crippen molar-refractivity contribution >= 4 is 17.3 Å². The maximum Gasteiger partial charge on any atom is 0.311 e. The van der Waals surface area contributed by atoms with Crippen molar-refractivity contribution in [3.05, 3.63) is 21.4 Å². The Morgan fingerprint density at radius 1 is 1.56 bits per heavy atom. The highest BCUT2D eigenvalue weighted by Crippen LogP contribution is 2.29. The highest BCUT2D eigenvalue weighted by atomic mass is 32.1. The van der Waals surface area contributed by atoms with E-state index < -0.39 is 5.41 Å². The Labute approximate surface area is 100 Å². The van der Waals surface area contributed by atoms with E-state index in [1.54, 1.807) is 11.3 Å². The summed E-state index contributed by atoms with van der Waals surface area (Å²) in [6.45, 7) is 5.77. The fourth-order valence-electron chi connectivity index (χ4n) is 1.62. The molecule has 0 radical (unpaired) electrons. The third-order valence-corrected chi connectivity index (χ3v) is 3.69. The summed E-state index contributed by atoms with van der Waals surface area (Å²) >= 11 is 1.63. The molecule has 1 heterocycles. The van der Waals surface area contributed by atoms with Gasteiger partial charge >= 0.3 is 5.97 Å². The second kappa shape index (κ2) is 4.97. The molecule has 16 heavy (non-hydrogen) atoms. The van der Waals surface area contributed by atoms with Crippen LogP contribution in [0.3, 0.4) is 0 Å². The van der Waals surface area contributed by atoms with Crippen LogP contribution in [0, 0.1) is 12.3 Å². The van der Waals surface area contributed by atoms with Crippen LogP contribution in [0.4, 0.5) is 0 Å². The molecule has 3 nitrogen and oxygen atoms in total. The Kier molecular flexibility index (Phi) is 4.10. The van der Waals surface area contributed by atoms with E-state index in [0.717, 1.165) is 15.3 Å². The molecule has 0 saturated heterocycles. The van der Waals surface area contributed by atoms with Crippen LogP contribution in [-0.2, 0) is 22.6 Å². The van der Waals surface area contributed by atoms with Crippen LogP contribution in [0.1, 0.15) is 29.2 Å². The molecule has 90 valence electrons. The first kappa shape index (κ1) is 13.2. The van der Waals surface area contributed by atoms with Gasteiger partial charge in [-0.3, -0.25) is 4.79 Å². The number of aryl methyl sites for hydroxylation is 1. The number of hydrogen-bond donors (Lipinski definition) is 1. The minimum atomic E-state index is -0.515. The van der Waals surface area contributed by atoms with Gasteiger partial charge in [-0.05, 0) is 38.8 Å². The molecule has 0 aliphatic carbocycles. The molecule has 1 N–H and O–H groups in total. The summed E-state index contributed by atoms with van der Waals surface area (Å²) in [6, 6.07) is 1.96. The lowest BCUT2D eigenvalue weighted by molar-refractivity contribution is -0.150. The lowest BCUT2D eigenvalue weighted by Gasteiger charge is -2.20. The fourth-order valence-corrected chi connectivity index (χ4v) is 2.90. The summed E-state index contributed by atoms with van der Waals surface area (Å²) < 4.78 is 4.77. The SMILES string of the molecule is COC(=O)C(C)(C)Cc1cc(CO)c(C)s1. The van der Waals surface area contributed by atoms with Gasteiger partial charge < -0.3 is 9.84 Å². The van der Waals surface area contributed by atoms with Crippen LogP contribution >= 0.6 is 11.3 Å². The monoisotopic (exact) mass is 242 g/mol. The molecule has 0 saturated carbocycles. The van der Waals surface area contributed by atoms with Gasteiger partial charge in [0.05, 0.1) is 19.1 Å². The largest absolute Gasteiger partial charge is 0.469 e. The molecular formula is C12H18O3S. The maximum absolute atomic E-state index is 11.5. The van der Waals surface area contributed by atoms with Gasteiger partial charge in [0.15, 0.2) is 0 Å². The lowest BCUT2D eigenvalue weighted by atomic mass is 9.89. The van der Waals surface area contributed by atoms with Gasteiger partial charge in [-0.25, -0.2) is 0 Å². The van der Waals surface area contributed by atoms with E-state index in [9.17, 15) is 4.79 Å². The van der Waals surface area contributed by atoms with Crippen molar-refractivity contribution in [3.63, 3.8) is 0 Å². The second-order valence-corrected chi connectivity index (χ2v) is 5.85. The molecule has 4 heteroatoms. The number of methoxy groups -OCH3 is 1. The van der Waals surface area contributed by atoms with Crippen molar-refractivity contribution < 1.29 is 14.6 Å². The van der Waals surface area contributed by atoms with Crippen molar-refractivity contribution in [3.8, 4) is 0 Å². The molecule has 0 unspecified atom stereocenters. The standard InChI is InChI=1S/C12H18O3S/c1-8-9(7-13)5-10(16-8)6-12(2,3)11(14)15-4/h5,13H,6-7H2,1-4H3. The van der Waals surface area contributed by atoms with Gasteiger partial charge in [0.25, 0.3) is 0 Å². The van der Waals surface area contributed by atoms with Gasteiger partial charge in [0, 0.05) is 9.75 Å². The predicted molar refractivity (Wildman–Crippen MR) is 64.5 cm³/mol. The van der Waals surface area contributed by atoms with Crippen LogP contribution in [0.5, 0.6) is 0 Å². The average Bonchev–Trinajstić information content (AvgIpc) is 2.56. The first-order chi connectivity index (χ1) is 7.40. The minimum absolute atomic E-state index is 0.0565. The summed E-state index contributed by atoms with van der Waals surface area (Å²) in [7, 11) is 1.41. The number of hydrogen-bond acceptors (Lipinski definition) is 4. The number of rotatable bonds is 4. The van der Waals surface area contributed by atoms with E-state index in [0.29, 0.717) is 6.42 Å². The molecule has 0 fully saturated rings. The van der Waals surface area contributed by atoms with Crippen LogP contribution in [0.25, 0.3) is 0 Å². The topological polar surface area (TPSA) is 46.5 Å². The van der Waals surface area contributed by atoms with Crippen molar-refractivity contribution in [2.24, 2.45) is 5.41 Å². The molecular weight excluding hydrogens is 224 g/mol. The molecule has 0 atom stereocenters. The number of aliphatic hydroxyl groups excluding tert-OH is 1. The Morgan fingerprint density at radius 3 is 2.62 bits per heavy atom. The van der Waals surface area contributed by atoms with Crippen molar-refractivity contribution in [1.29, 1.82) is 0 Å². The molecule has 0 aromatic carbocycles. The van der Waals surface area contributed by atoms with E-state index in [1.807, 2.05) is 26.8 Å². The number of esters is 1. The van der Waals surface area contributed by atoms with Crippen molar-refractivity contribution in [2.75, 3.05) is 7.11 Å². The normalized spacial score (nSPS) is 11.6. The van der Waals surface area contributed by atoms with E-state index in [1.165, 1.54) is 7.11 Å². The first-order valence-corrected chi connectivity index (χ1v) is 6.00. The molecule has 0 spiro atoms. The van der Waals surface area contributed by atoms with Crippen LogP contribution in [0.15, 0.2) is 6.07 Å². The maximum atomic E-state index is 11.5. The quantitative estimate of drug-likeness (QED) is 0.824. The molecule has 0 aliphatic rings. The minimum Gasteiger partial charge on any atom is -0.469 e. The number of thiophene rings is 1. The van der Waals surface area contributed by atoms with E-state index in [-0.39, 0.29) is 12.6 Å². The molecule has 0 aliphatic heterocycles. The Hall–Kier alpha value is -0.870. The molecule has 0 bridgehead atoms. The van der Waals surface area contributed by atoms with Gasteiger partial charge in [0.2, 0.25) is 0 Å². The molecule has 0 amide bonds. The Morgan fingerprint density at radius 2 is 2.19 bits per heavy atom. The third-order valence-electron chi connectivity index (χ3n) is 2.60. The summed E-state index contributed by atoms with van der Waals surface area (Å²) in [4.78, 5) is 13.7. The Bertz CT molecular complexity index is 380. The number of carbonyl (C=O) groups is 1. The van der Waals surface area contributed by atoms with Gasteiger partial charge in [-0.1, -0.05) is 0 Å². The molecule has 1 aromatic rings. The van der Waals surface area contributed by atoms with Crippen LogP contribution in [-0.4, -0.2) is 18.2 Å². The van der Waals surface area contributed by atoms with Crippen molar-refractivity contribution in [2.45, 2.75) is 33.8 Å². The Balaban J connectivity index is 2.83. The summed E-state index contributed by atoms with van der Waals surface area (Å²) in [5.41, 5.74) is 0.430.